The first-order valence-electron chi connectivity index (χ1n) is 7.61. The van der Waals surface area contributed by atoms with Gasteiger partial charge in [-0.05, 0) is 42.3 Å². The Hall–Kier alpha value is -2.79. The second kappa shape index (κ2) is 6.76. The van der Waals surface area contributed by atoms with Crippen LogP contribution in [-0.4, -0.2) is 14.9 Å². The van der Waals surface area contributed by atoms with Crippen molar-refractivity contribution in [1.29, 1.82) is 0 Å². The molecule has 0 aliphatic rings. The Bertz CT molecular complexity index is 920. The highest BCUT2D eigenvalue weighted by atomic mass is 19.1. The van der Waals surface area contributed by atoms with Crippen molar-refractivity contribution in [2.24, 2.45) is 0 Å². The van der Waals surface area contributed by atoms with Gasteiger partial charge in [-0.25, -0.2) is 9.07 Å². The zero-order chi connectivity index (χ0) is 17.1. The van der Waals surface area contributed by atoms with Gasteiger partial charge >= 0.3 is 0 Å². The standard InChI is InChI=1S/C19H17FN2O2/c1-13-9-15(7-8-17(13)20)18-10-16(12-23)19(24)22(21-18)11-14-5-3-2-4-6-14/h2-10,23H,11-12H2,1H3. The molecule has 0 aliphatic carbocycles. The minimum absolute atomic E-state index is 0.262. The van der Waals surface area contributed by atoms with Gasteiger partial charge in [0.25, 0.3) is 5.56 Å². The monoisotopic (exact) mass is 324 g/mol. The SMILES string of the molecule is Cc1cc(-c2cc(CO)c(=O)n(Cc3ccccc3)n2)ccc1F. The van der Waals surface area contributed by atoms with E-state index >= 15 is 0 Å². The van der Waals surface area contributed by atoms with E-state index in [0.717, 1.165) is 5.56 Å². The van der Waals surface area contributed by atoms with Crippen LogP contribution in [0.15, 0.2) is 59.4 Å². The minimum Gasteiger partial charge on any atom is -0.391 e. The highest BCUT2D eigenvalue weighted by Gasteiger charge is 2.11. The topological polar surface area (TPSA) is 55.1 Å². The normalized spacial score (nSPS) is 10.8. The predicted octanol–water partition coefficient (Wildman–Crippen LogP) is 2.90. The molecule has 3 aromatic rings. The molecule has 0 unspecified atom stereocenters. The average molecular weight is 324 g/mol. The van der Waals surface area contributed by atoms with E-state index in [4.69, 9.17) is 0 Å². The van der Waals surface area contributed by atoms with Crippen LogP contribution in [0.25, 0.3) is 11.3 Å². The van der Waals surface area contributed by atoms with Crippen LogP contribution >= 0.6 is 0 Å². The van der Waals surface area contributed by atoms with Crippen molar-refractivity contribution >= 4 is 0 Å². The Morgan fingerprint density at radius 3 is 2.54 bits per heavy atom. The van der Waals surface area contributed by atoms with E-state index in [0.29, 0.717) is 23.4 Å². The van der Waals surface area contributed by atoms with Crippen molar-refractivity contribution in [3.05, 3.63) is 87.5 Å². The van der Waals surface area contributed by atoms with E-state index in [2.05, 4.69) is 5.10 Å². The molecular formula is C19H17FN2O2. The van der Waals surface area contributed by atoms with Crippen LogP contribution in [0.2, 0.25) is 0 Å². The predicted molar refractivity (Wildman–Crippen MR) is 90.1 cm³/mol. The third-order valence-electron chi connectivity index (χ3n) is 3.85. The minimum atomic E-state index is -0.372. The fourth-order valence-electron chi connectivity index (χ4n) is 2.52. The van der Waals surface area contributed by atoms with Crippen molar-refractivity contribution in [3.63, 3.8) is 0 Å². The molecule has 0 spiro atoms. The van der Waals surface area contributed by atoms with Crippen molar-refractivity contribution in [2.75, 3.05) is 0 Å². The summed E-state index contributed by atoms with van der Waals surface area (Å²) in [5, 5.41) is 13.9. The molecule has 1 heterocycles. The van der Waals surface area contributed by atoms with Crippen molar-refractivity contribution in [3.8, 4) is 11.3 Å². The largest absolute Gasteiger partial charge is 0.391 e. The Morgan fingerprint density at radius 1 is 1.12 bits per heavy atom. The molecule has 122 valence electrons. The molecule has 0 amide bonds. The Labute approximate surface area is 138 Å². The lowest BCUT2D eigenvalue weighted by Crippen LogP contribution is -2.27. The van der Waals surface area contributed by atoms with Crippen molar-refractivity contribution in [2.45, 2.75) is 20.1 Å². The fraction of sp³-hybridized carbons (Fsp3) is 0.158. The van der Waals surface area contributed by atoms with Crippen LogP contribution in [-0.2, 0) is 13.2 Å². The molecule has 24 heavy (non-hydrogen) atoms. The second-order valence-electron chi connectivity index (χ2n) is 5.63. The summed E-state index contributed by atoms with van der Waals surface area (Å²) < 4.78 is 14.8. The zero-order valence-corrected chi connectivity index (χ0v) is 13.2. The summed E-state index contributed by atoms with van der Waals surface area (Å²) in [5.74, 6) is -0.293. The first-order valence-corrected chi connectivity index (χ1v) is 7.61. The van der Waals surface area contributed by atoms with Gasteiger partial charge in [-0.3, -0.25) is 4.79 Å². The molecule has 0 aliphatic heterocycles. The van der Waals surface area contributed by atoms with E-state index < -0.39 is 0 Å². The Balaban J connectivity index is 2.09. The molecule has 2 aromatic carbocycles. The number of nitrogens with zero attached hydrogens (tertiary/aromatic N) is 2. The first kappa shape index (κ1) is 16.1. The molecule has 1 N–H and O–H groups in total. The van der Waals surface area contributed by atoms with Gasteiger partial charge < -0.3 is 5.11 Å². The number of aliphatic hydroxyl groups is 1. The first-order chi connectivity index (χ1) is 11.6. The molecule has 0 bridgehead atoms. The third-order valence-corrected chi connectivity index (χ3v) is 3.85. The molecular weight excluding hydrogens is 307 g/mol. The van der Waals surface area contributed by atoms with Crippen LogP contribution in [0.1, 0.15) is 16.7 Å². The molecule has 5 heteroatoms. The Kier molecular flexibility index (Phi) is 4.53. The van der Waals surface area contributed by atoms with E-state index in [1.54, 1.807) is 25.1 Å². The van der Waals surface area contributed by atoms with E-state index in [9.17, 15) is 14.3 Å². The number of halogens is 1. The van der Waals surface area contributed by atoms with Crippen LogP contribution < -0.4 is 5.56 Å². The lowest BCUT2D eigenvalue weighted by molar-refractivity contribution is 0.278. The summed E-state index contributed by atoms with van der Waals surface area (Å²) in [6.07, 6.45) is 0. The second-order valence-corrected chi connectivity index (χ2v) is 5.63. The van der Waals surface area contributed by atoms with E-state index in [1.165, 1.54) is 10.7 Å². The lowest BCUT2D eigenvalue weighted by Gasteiger charge is -2.11. The zero-order valence-electron chi connectivity index (χ0n) is 13.2. The van der Waals surface area contributed by atoms with Crippen LogP contribution in [0, 0.1) is 12.7 Å². The van der Waals surface area contributed by atoms with Crippen LogP contribution in [0.5, 0.6) is 0 Å². The molecule has 0 saturated heterocycles. The quantitative estimate of drug-likeness (QED) is 0.803. The van der Waals surface area contributed by atoms with Crippen LogP contribution in [0.3, 0.4) is 0 Å². The molecule has 0 fully saturated rings. The summed E-state index contributed by atoms with van der Waals surface area (Å²) >= 11 is 0. The molecule has 4 nitrogen and oxygen atoms in total. The summed E-state index contributed by atoms with van der Waals surface area (Å²) in [4.78, 5) is 12.4. The van der Waals surface area contributed by atoms with Gasteiger partial charge in [0.05, 0.1) is 18.8 Å². The van der Waals surface area contributed by atoms with Crippen molar-refractivity contribution in [1.82, 2.24) is 9.78 Å². The molecule has 0 radical (unpaired) electrons. The summed E-state index contributed by atoms with van der Waals surface area (Å²) in [6.45, 7) is 1.61. The maximum absolute atomic E-state index is 13.5. The highest BCUT2D eigenvalue weighted by Crippen LogP contribution is 2.20. The summed E-state index contributed by atoms with van der Waals surface area (Å²) in [5.41, 5.74) is 2.59. The summed E-state index contributed by atoms with van der Waals surface area (Å²) in [6, 6.07) is 15.7. The fourth-order valence-corrected chi connectivity index (χ4v) is 2.52. The maximum atomic E-state index is 13.5. The lowest BCUT2D eigenvalue weighted by atomic mass is 10.1. The molecule has 1 aromatic heterocycles. The van der Waals surface area contributed by atoms with Gasteiger partial charge in [0.1, 0.15) is 5.82 Å². The maximum Gasteiger partial charge on any atom is 0.272 e. The van der Waals surface area contributed by atoms with Gasteiger partial charge in [-0.2, -0.15) is 5.10 Å². The highest BCUT2D eigenvalue weighted by molar-refractivity contribution is 5.60. The van der Waals surface area contributed by atoms with Gasteiger partial charge in [0.15, 0.2) is 0 Å². The van der Waals surface area contributed by atoms with Crippen LogP contribution in [0.4, 0.5) is 4.39 Å². The Morgan fingerprint density at radius 2 is 1.88 bits per heavy atom. The van der Waals surface area contributed by atoms with E-state index in [1.807, 2.05) is 30.3 Å². The number of hydrogen-bond acceptors (Lipinski definition) is 3. The average Bonchev–Trinajstić information content (AvgIpc) is 2.60. The van der Waals surface area contributed by atoms with Crippen molar-refractivity contribution < 1.29 is 9.50 Å². The van der Waals surface area contributed by atoms with Gasteiger partial charge in [-0.1, -0.05) is 30.3 Å². The molecule has 0 atom stereocenters. The number of benzene rings is 2. The smallest absolute Gasteiger partial charge is 0.272 e. The molecule has 0 saturated carbocycles. The van der Waals surface area contributed by atoms with Gasteiger partial charge in [-0.15, -0.1) is 0 Å². The van der Waals surface area contributed by atoms with Gasteiger partial charge in [0, 0.05) is 11.1 Å². The molecule has 3 rings (SSSR count). The number of rotatable bonds is 4. The summed E-state index contributed by atoms with van der Waals surface area (Å²) in [7, 11) is 0. The number of hydrogen-bond donors (Lipinski definition) is 1. The number of aromatic nitrogens is 2. The van der Waals surface area contributed by atoms with E-state index in [-0.39, 0.29) is 23.5 Å². The number of aliphatic hydroxyl groups excluding tert-OH is 1. The third kappa shape index (κ3) is 3.26. The number of aryl methyl sites for hydroxylation is 1. The van der Waals surface area contributed by atoms with Gasteiger partial charge in [0.2, 0.25) is 0 Å².